The molecule has 0 aliphatic rings. The van der Waals surface area contributed by atoms with Crippen LogP contribution in [0, 0.1) is 5.82 Å². The van der Waals surface area contributed by atoms with Crippen molar-refractivity contribution in [3.05, 3.63) is 84.2 Å². The van der Waals surface area contributed by atoms with E-state index in [1.165, 1.54) is 60.7 Å². The monoisotopic (exact) mass is 436 g/mol. The van der Waals surface area contributed by atoms with Gasteiger partial charge in [-0.25, -0.2) is 12.8 Å². The molecule has 0 fully saturated rings. The molecular formula is C20H15F3N2O4S. The molecule has 0 heterocycles. The zero-order valence-corrected chi connectivity index (χ0v) is 16.0. The van der Waals surface area contributed by atoms with Gasteiger partial charge in [0.05, 0.1) is 4.90 Å². The van der Waals surface area contributed by atoms with E-state index in [4.69, 9.17) is 0 Å². The van der Waals surface area contributed by atoms with Crippen molar-refractivity contribution < 1.29 is 31.1 Å². The molecule has 0 atom stereocenters. The number of amides is 1. The third kappa shape index (κ3) is 5.51. The van der Waals surface area contributed by atoms with Crippen LogP contribution in [-0.4, -0.2) is 20.9 Å². The maximum atomic E-state index is 12.9. The zero-order chi connectivity index (χ0) is 21.7. The van der Waals surface area contributed by atoms with Gasteiger partial charge in [0.15, 0.2) is 0 Å². The van der Waals surface area contributed by atoms with Gasteiger partial charge in [0, 0.05) is 16.9 Å². The van der Waals surface area contributed by atoms with Crippen molar-refractivity contribution >= 4 is 27.3 Å². The minimum absolute atomic E-state index is 0.0498. The van der Waals surface area contributed by atoms with Crippen molar-refractivity contribution in [2.75, 3.05) is 10.0 Å². The van der Waals surface area contributed by atoms with Crippen LogP contribution in [0.25, 0.3) is 0 Å². The summed E-state index contributed by atoms with van der Waals surface area (Å²) >= 11 is 0. The molecule has 0 aromatic heterocycles. The minimum Gasteiger partial charge on any atom is -0.435 e. The van der Waals surface area contributed by atoms with E-state index < -0.39 is 28.4 Å². The van der Waals surface area contributed by atoms with Crippen LogP contribution in [0.1, 0.15) is 10.4 Å². The highest BCUT2D eigenvalue weighted by molar-refractivity contribution is 7.92. The molecule has 0 aliphatic carbocycles. The van der Waals surface area contributed by atoms with E-state index in [9.17, 15) is 26.4 Å². The van der Waals surface area contributed by atoms with Gasteiger partial charge in [0.1, 0.15) is 11.6 Å². The molecular weight excluding hydrogens is 421 g/mol. The summed E-state index contributed by atoms with van der Waals surface area (Å²) in [6, 6.07) is 15.3. The van der Waals surface area contributed by atoms with E-state index >= 15 is 0 Å². The Hall–Kier alpha value is -3.53. The number of hydrogen-bond donors (Lipinski definition) is 2. The smallest absolute Gasteiger partial charge is 0.387 e. The van der Waals surface area contributed by atoms with Gasteiger partial charge in [-0.05, 0) is 72.8 Å². The summed E-state index contributed by atoms with van der Waals surface area (Å²) in [4.78, 5) is 12.2. The first-order chi connectivity index (χ1) is 14.2. The SMILES string of the molecule is O=C(Nc1ccc(OC(F)F)cc1)c1ccc(S(=O)(=O)Nc2ccc(F)cc2)cc1. The van der Waals surface area contributed by atoms with Gasteiger partial charge in [-0.15, -0.1) is 0 Å². The van der Waals surface area contributed by atoms with E-state index in [1.54, 1.807) is 0 Å². The summed E-state index contributed by atoms with van der Waals surface area (Å²) in [6.45, 7) is -2.95. The second-order valence-electron chi connectivity index (χ2n) is 5.99. The van der Waals surface area contributed by atoms with Crippen LogP contribution in [0.3, 0.4) is 0 Å². The zero-order valence-electron chi connectivity index (χ0n) is 15.2. The van der Waals surface area contributed by atoms with Crippen LogP contribution in [-0.2, 0) is 10.0 Å². The van der Waals surface area contributed by atoms with Crippen LogP contribution in [0.5, 0.6) is 5.75 Å². The lowest BCUT2D eigenvalue weighted by Gasteiger charge is -2.10. The van der Waals surface area contributed by atoms with Gasteiger partial charge < -0.3 is 10.1 Å². The van der Waals surface area contributed by atoms with E-state index in [1.807, 2.05) is 0 Å². The molecule has 2 N–H and O–H groups in total. The van der Waals surface area contributed by atoms with Gasteiger partial charge in [-0.1, -0.05) is 0 Å². The third-order valence-corrected chi connectivity index (χ3v) is 5.26. The highest BCUT2D eigenvalue weighted by atomic mass is 32.2. The number of carbonyl (C=O) groups is 1. The van der Waals surface area contributed by atoms with Crippen LogP contribution < -0.4 is 14.8 Å². The summed E-state index contributed by atoms with van der Waals surface area (Å²) < 4.78 is 68.6. The number of nitrogens with one attached hydrogen (secondary N) is 2. The van der Waals surface area contributed by atoms with E-state index in [-0.39, 0.29) is 21.9 Å². The molecule has 30 heavy (non-hydrogen) atoms. The summed E-state index contributed by atoms with van der Waals surface area (Å²) in [5.74, 6) is -1.07. The predicted octanol–water partition coefficient (Wildman–Crippen LogP) is 4.48. The van der Waals surface area contributed by atoms with E-state index in [0.717, 1.165) is 12.1 Å². The number of rotatable bonds is 7. The third-order valence-electron chi connectivity index (χ3n) is 3.86. The van der Waals surface area contributed by atoms with Gasteiger partial charge in [0.25, 0.3) is 15.9 Å². The Labute approximate surface area is 170 Å². The fraction of sp³-hybridized carbons (Fsp3) is 0.0500. The average molecular weight is 436 g/mol. The van der Waals surface area contributed by atoms with Crippen LogP contribution in [0.2, 0.25) is 0 Å². The standard InChI is InChI=1S/C20H15F3N2O4S/c21-14-3-5-16(6-4-14)25-30(27,28)18-11-1-13(2-12-18)19(26)24-15-7-9-17(10-8-15)29-20(22)23/h1-12,20,25H,(H,24,26). The first-order valence-corrected chi connectivity index (χ1v) is 9.96. The lowest BCUT2D eigenvalue weighted by atomic mass is 10.2. The summed E-state index contributed by atoms with van der Waals surface area (Å²) in [5, 5.41) is 2.56. The molecule has 6 nitrogen and oxygen atoms in total. The Balaban J connectivity index is 1.67. The lowest BCUT2D eigenvalue weighted by molar-refractivity contribution is -0.0498. The quantitative estimate of drug-likeness (QED) is 0.572. The number of halogens is 3. The Kier molecular flexibility index (Phi) is 6.26. The Morgan fingerprint density at radius 3 is 1.97 bits per heavy atom. The Morgan fingerprint density at radius 2 is 1.40 bits per heavy atom. The number of hydrogen-bond acceptors (Lipinski definition) is 4. The molecule has 3 aromatic carbocycles. The Morgan fingerprint density at radius 1 is 0.833 bits per heavy atom. The second-order valence-corrected chi connectivity index (χ2v) is 7.68. The van der Waals surface area contributed by atoms with Gasteiger partial charge in [-0.3, -0.25) is 9.52 Å². The summed E-state index contributed by atoms with van der Waals surface area (Å²) in [5.41, 5.74) is 0.720. The molecule has 3 rings (SSSR count). The van der Waals surface area contributed by atoms with Gasteiger partial charge in [-0.2, -0.15) is 8.78 Å². The molecule has 3 aromatic rings. The number of sulfonamides is 1. The topological polar surface area (TPSA) is 84.5 Å². The fourth-order valence-electron chi connectivity index (χ4n) is 2.44. The molecule has 0 saturated heterocycles. The fourth-order valence-corrected chi connectivity index (χ4v) is 3.50. The van der Waals surface area contributed by atoms with Crippen molar-refractivity contribution in [2.24, 2.45) is 0 Å². The molecule has 156 valence electrons. The normalized spacial score (nSPS) is 11.2. The van der Waals surface area contributed by atoms with Crippen molar-refractivity contribution in [3.8, 4) is 5.75 Å². The second kappa shape index (κ2) is 8.87. The number of ether oxygens (including phenoxy) is 1. The lowest BCUT2D eigenvalue weighted by Crippen LogP contribution is -2.15. The molecule has 0 bridgehead atoms. The largest absolute Gasteiger partial charge is 0.435 e. The van der Waals surface area contributed by atoms with Crippen molar-refractivity contribution in [1.82, 2.24) is 0 Å². The number of benzene rings is 3. The maximum Gasteiger partial charge on any atom is 0.387 e. The molecule has 0 saturated carbocycles. The molecule has 10 heteroatoms. The highest BCUT2D eigenvalue weighted by Gasteiger charge is 2.15. The van der Waals surface area contributed by atoms with Crippen LogP contribution in [0.4, 0.5) is 24.5 Å². The number of alkyl halides is 2. The van der Waals surface area contributed by atoms with Crippen LogP contribution in [0.15, 0.2) is 77.7 Å². The number of anilines is 2. The first kappa shape index (κ1) is 21.2. The average Bonchev–Trinajstić information content (AvgIpc) is 2.71. The summed E-state index contributed by atoms with van der Waals surface area (Å²) in [6.07, 6.45) is 0. The van der Waals surface area contributed by atoms with Crippen molar-refractivity contribution in [1.29, 1.82) is 0 Å². The number of carbonyl (C=O) groups excluding carboxylic acids is 1. The highest BCUT2D eigenvalue weighted by Crippen LogP contribution is 2.20. The summed E-state index contributed by atoms with van der Waals surface area (Å²) in [7, 11) is -3.92. The molecule has 0 unspecified atom stereocenters. The predicted molar refractivity (Wildman–Crippen MR) is 105 cm³/mol. The Bertz CT molecular complexity index is 1120. The van der Waals surface area contributed by atoms with E-state index in [2.05, 4.69) is 14.8 Å². The molecule has 1 amide bonds. The van der Waals surface area contributed by atoms with Gasteiger partial charge >= 0.3 is 6.61 Å². The van der Waals surface area contributed by atoms with Gasteiger partial charge in [0.2, 0.25) is 0 Å². The van der Waals surface area contributed by atoms with Crippen molar-refractivity contribution in [3.63, 3.8) is 0 Å². The van der Waals surface area contributed by atoms with Crippen LogP contribution >= 0.6 is 0 Å². The first-order valence-electron chi connectivity index (χ1n) is 8.48. The molecule has 0 aliphatic heterocycles. The van der Waals surface area contributed by atoms with Crippen molar-refractivity contribution in [2.45, 2.75) is 11.5 Å². The van der Waals surface area contributed by atoms with E-state index in [0.29, 0.717) is 5.69 Å². The molecule has 0 spiro atoms. The minimum atomic E-state index is -3.92. The molecule has 0 radical (unpaired) electrons. The maximum absolute atomic E-state index is 12.9.